The smallest absolute Gasteiger partial charge is 0.376 e. The molecule has 3 rings (SSSR count). The van der Waals surface area contributed by atoms with Gasteiger partial charge in [-0.15, -0.1) is 0 Å². The predicted octanol–water partition coefficient (Wildman–Crippen LogP) is 3.43. The van der Waals surface area contributed by atoms with Gasteiger partial charge in [0.15, 0.2) is 12.4 Å². The van der Waals surface area contributed by atoms with E-state index in [1.54, 1.807) is 0 Å². The summed E-state index contributed by atoms with van der Waals surface area (Å²) in [6, 6.07) is 17.3. The third kappa shape index (κ3) is 9.08. The Hall–Kier alpha value is -2.88. The van der Waals surface area contributed by atoms with Crippen molar-refractivity contribution in [3.63, 3.8) is 0 Å². The fourth-order valence-corrected chi connectivity index (χ4v) is 2.90. The Labute approximate surface area is 178 Å². The Morgan fingerprint density at radius 3 is 2.07 bits per heavy atom. The molecule has 2 aromatic rings. The van der Waals surface area contributed by atoms with Crippen LogP contribution < -0.4 is 10.1 Å². The van der Waals surface area contributed by atoms with Gasteiger partial charge in [0.2, 0.25) is 0 Å². The summed E-state index contributed by atoms with van der Waals surface area (Å²) < 4.78 is 5.59. The molecule has 9 heteroatoms. The molecule has 30 heavy (non-hydrogen) atoms. The number of Topliss-reactive ketones (excluding diaryl/α,β-unsaturated/α-hetero) is 1. The lowest BCUT2D eigenvalue weighted by Crippen LogP contribution is -2.42. The van der Waals surface area contributed by atoms with Gasteiger partial charge in [-0.1, -0.05) is 42.5 Å². The molecule has 160 valence electrons. The highest BCUT2D eigenvalue weighted by molar-refractivity contribution is 8.25. The molecular weight excluding hydrogens is 408 g/mol. The molecule has 0 bridgehead atoms. The second-order valence-corrected chi connectivity index (χ2v) is 7.28. The number of thioether (sulfide) groups is 1. The summed E-state index contributed by atoms with van der Waals surface area (Å²) in [5, 5.41) is 15.9. The summed E-state index contributed by atoms with van der Waals surface area (Å²) in [5.41, 5.74) is 1.96. The van der Waals surface area contributed by atoms with Gasteiger partial charge in [0.05, 0.1) is 11.8 Å². The first kappa shape index (κ1) is 23.4. The number of piperazine rings is 1. The van der Waals surface area contributed by atoms with Crippen LogP contribution in [0.25, 0.3) is 0 Å². The van der Waals surface area contributed by atoms with Crippen LogP contribution in [-0.4, -0.2) is 64.3 Å². The largest absolute Gasteiger partial charge is 0.485 e. The van der Waals surface area contributed by atoms with E-state index >= 15 is 0 Å². The van der Waals surface area contributed by atoms with Crippen molar-refractivity contribution in [2.45, 2.75) is 6.54 Å². The number of nitrogens with one attached hydrogen (secondary N) is 1. The molecule has 0 aliphatic carbocycles. The first-order chi connectivity index (χ1) is 14.4. The molecule has 0 saturated carbocycles. The zero-order chi connectivity index (χ0) is 21.8. The van der Waals surface area contributed by atoms with Crippen LogP contribution in [0.4, 0.5) is 9.59 Å². The number of carboxylic acid groups (broad SMARTS) is 2. The van der Waals surface area contributed by atoms with E-state index in [2.05, 4.69) is 22.3 Å². The van der Waals surface area contributed by atoms with Crippen LogP contribution in [0.3, 0.4) is 0 Å². The summed E-state index contributed by atoms with van der Waals surface area (Å²) in [4.78, 5) is 33.2. The zero-order valence-corrected chi connectivity index (χ0v) is 17.1. The van der Waals surface area contributed by atoms with Gasteiger partial charge in [0, 0.05) is 38.3 Å². The van der Waals surface area contributed by atoms with Crippen molar-refractivity contribution in [1.82, 2.24) is 10.2 Å². The van der Waals surface area contributed by atoms with Crippen molar-refractivity contribution in [3.05, 3.63) is 65.7 Å². The molecule has 1 aliphatic heterocycles. The van der Waals surface area contributed by atoms with Gasteiger partial charge >= 0.3 is 10.6 Å². The molecule has 0 spiro atoms. The van der Waals surface area contributed by atoms with E-state index in [1.165, 1.54) is 5.56 Å². The van der Waals surface area contributed by atoms with E-state index in [0.717, 1.165) is 38.5 Å². The number of benzene rings is 2. The van der Waals surface area contributed by atoms with E-state index < -0.39 is 10.6 Å². The van der Waals surface area contributed by atoms with Gasteiger partial charge in [-0.25, -0.2) is 9.59 Å². The Morgan fingerprint density at radius 2 is 1.53 bits per heavy atom. The molecule has 0 unspecified atom stereocenters. The quantitative estimate of drug-likeness (QED) is 0.590. The van der Waals surface area contributed by atoms with Crippen LogP contribution >= 0.6 is 11.8 Å². The van der Waals surface area contributed by atoms with Gasteiger partial charge in [0.1, 0.15) is 5.75 Å². The number of carbonyl (C=O) groups is 3. The van der Waals surface area contributed by atoms with Gasteiger partial charge in [-0.2, -0.15) is 0 Å². The Kier molecular flexibility index (Phi) is 9.85. The van der Waals surface area contributed by atoms with Crippen LogP contribution in [0.2, 0.25) is 0 Å². The molecule has 0 aromatic heterocycles. The first-order valence-corrected chi connectivity index (χ1v) is 10.1. The molecule has 1 aliphatic rings. The lowest BCUT2D eigenvalue weighted by Gasteiger charge is -2.27. The second kappa shape index (κ2) is 12.6. The van der Waals surface area contributed by atoms with Crippen molar-refractivity contribution in [2.75, 3.05) is 32.8 Å². The van der Waals surface area contributed by atoms with Gasteiger partial charge in [-0.3, -0.25) is 9.69 Å². The van der Waals surface area contributed by atoms with Crippen LogP contribution in [0, 0.1) is 0 Å². The minimum Gasteiger partial charge on any atom is -0.485 e. The molecule has 8 nitrogen and oxygen atoms in total. The number of carbonyl (C=O) groups excluding carboxylic acids is 1. The zero-order valence-electron chi connectivity index (χ0n) is 16.3. The number of hydrogen-bond acceptors (Lipinski definition) is 7. The lowest BCUT2D eigenvalue weighted by molar-refractivity contribution is 0.0921. The number of rotatable bonds is 6. The molecular formula is C21H24N2O6S. The monoisotopic (exact) mass is 432 g/mol. The van der Waals surface area contributed by atoms with E-state index in [4.69, 9.17) is 14.9 Å². The fourth-order valence-electron chi connectivity index (χ4n) is 2.75. The number of nitrogens with zero attached hydrogens (tertiary/aromatic N) is 1. The van der Waals surface area contributed by atoms with Gasteiger partial charge in [-0.05, 0) is 17.7 Å². The maximum Gasteiger partial charge on any atom is 0.376 e. The fraction of sp³-hybridized carbons (Fsp3) is 0.286. The molecule has 0 atom stereocenters. The second-order valence-electron chi connectivity index (χ2n) is 6.38. The molecule has 0 amide bonds. The standard InChI is InChI=1S/C19H22N2O2.C2H2O4S/c22-19(17-4-2-1-3-5-17)15-23-18-8-6-16(7-9-18)14-21-12-10-20-11-13-21;3-1(4)7-2(5)6/h1-9,20H,10-15H2;(H,3,4)(H,5,6). The first-order valence-electron chi connectivity index (χ1n) is 9.31. The minimum atomic E-state index is -1.40. The van der Waals surface area contributed by atoms with Crippen molar-refractivity contribution in [1.29, 1.82) is 0 Å². The van der Waals surface area contributed by atoms with E-state index in [-0.39, 0.29) is 24.2 Å². The Balaban J connectivity index is 0.000000396. The molecule has 2 aromatic carbocycles. The van der Waals surface area contributed by atoms with Crippen molar-refractivity contribution < 1.29 is 29.3 Å². The lowest BCUT2D eigenvalue weighted by atomic mass is 10.1. The normalized spacial score (nSPS) is 13.6. The molecule has 1 heterocycles. The van der Waals surface area contributed by atoms with Crippen LogP contribution in [-0.2, 0) is 6.54 Å². The summed E-state index contributed by atoms with van der Waals surface area (Å²) in [5.74, 6) is 0.730. The molecule has 0 radical (unpaired) electrons. The van der Waals surface area contributed by atoms with Crippen LogP contribution in [0.1, 0.15) is 15.9 Å². The summed E-state index contributed by atoms with van der Waals surface area (Å²) >= 11 is -0.157. The average molecular weight is 432 g/mol. The SMILES string of the molecule is O=C(COc1ccc(CN2CCNCC2)cc1)c1ccccc1.O=C(O)SC(=O)O. The average Bonchev–Trinajstić information content (AvgIpc) is 2.74. The summed E-state index contributed by atoms with van der Waals surface area (Å²) in [6.45, 7) is 5.32. The Bertz CT molecular complexity index is 811. The highest BCUT2D eigenvalue weighted by Gasteiger charge is 2.10. The third-order valence-electron chi connectivity index (χ3n) is 4.18. The molecule has 1 saturated heterocycles. The highest BCUT2D eigenvalue weighted by Crippen LogP contribution is 2.14. The molecule has 1 fully saturated rings. The van der Waals surface area contributed by atoms with E-state index in [1.807, 2.05) is 42.5 Å². The maximum atomic E-state index is 12.0. The van der Waals surface area contributed by atoms with Gasteiger partial charge in [0.25, 0.3) is 0 Å². The third-order valence-corrected chi connectivity index (χ3v) is 4.53. The summed E-state index contributed by atoms with van der Waals surface area (Å²) in [6.07, 6.45) is 0. The van der Waals surface area contributed by atoms with Crippen LogP contribution in [0.5, 0.6) is 5.75 Å². The minimum absolute atomic E-state index is 0.00417. The maximum absolute atomic E-state index is 12.0. The van der Waals surface area contributed by atoms with Gasteiger partial charge < -0.3 is 20.3 Å². The van der Waals surface area contributed by atoms with Crippen molar-refractivity contribution in [3.8, 4) is 5.75 Å². The van der Waals surface area contributed by atoms with Crippen LogP contribution in [0.15, 0.2) is 54.6 Å². The molecule has 3 N–H and O–H groups in total. The van der Waals surface area contributed by atoms with Crippen molar-refractivity contribution >= 4 is 28.1 Å². The number of ketones is 1. The predicted molar refractivity (Wildman–Crippen MR) is 114 cm³/mol. The van der Waals surface area contributed by atoms with Crippen molar-refractivity contribution in [2.24, 2.45) is 0 Å². The summed E-state index contributed by atoms with van der Waals surface area (Å²) in [7, 11) is 0. The van der Waals surface area contributed by atoms with E-state index in [0.29, 0.717) is 5.56 Å². The number of ether oxygens (including phenoxy) is 1. The van der Waals surface area contributed by atoms with E-state index in [9.17, 15) is 14.4 Å². The topological polar surface area (TPSA) is 116 Å². The highest BCUT2D eigenvalue weighted by atomic mass is 32.2. The number of hydrogen-bond donors (Lipinski definition) is 3. The Morgan fingerprint density at radius 1 is 0.933 bits per heavy atom.